The summed E-state index contributed by atoms with van der Waals surface area (Å²) in [5.41, 5.74) is 7.51. The van der Waals surface area contributed by atoms with Gasteiger partial charge in [-0.1, -0.05) is 31.2 Å². The number of benzene rings is 1. The van der Waals surface area contributed by atoms with Crippen molar-refractivity contribution in [3.05, 3.63) is 42.0 Å². The Labute approximate surface area is 166 Å². The van der Waals surface area contributed by atoms with Crippen LogP contribution in [0.1, 0.15) is 31.7 Å². The highest BCUT2D eigenvalue weighted by Crippen LogP contribution is 2.27. The highest BCUT2D eigenvalue weighted by Gasteiger charge is 2.36. The summed E-state index contributed by atoms with van der Waals surface area (Å²) in [4.78, 5) is 26.9. The summed E-state index contributed by atoms with van der Waals surface area (Å²) >= 11 is 0. The Balaban J connectivity index is 0.00000261. The summed E-state index contributed by atoms with van der Waals surface area (Å²) in [7, 11) is 0. The normalized spacial score (nSPS) is 19.3. The van der Waals surface area contributed by atoms with Crippen LogP contribution in [0.15, 0.2) is 36.4 Å². The number of halogens is 1. The monoisotopic (exact) mass is 393 g/mol. The number of nitrogens with one attached hydrogen (secondary N) is 1. The molecular formula is C20H28ClN3O3. The van der Waals surface area contributed by atoms with Crippen LogP contribution in [0, 0.1) is 0 Å². The molecule has 2 aliphatic rings. The Morgan fingerprint density at radius 1 is 1.33 bits per heavy atom. The fraction of sp³-hybridized carbons (Fsp3) is 0.500. The van der Waals surface area contributed by atoms with E-state index in [0.717, 1.165) is 12.1 Å². The number of hydrogen-bond acceptors (Lipinski definition) is 4. The third-order valence-electron chi connectivity index (χ3n) is 5.22. The average molecular weight is 394 g/mol. The maximum absolute atomic E-state index is 12.6. The Morgan fingerprint density at radius 3 is 2.74 bits per heavy atom. The maximum atomic E-state index is 12.6. The number of rotatable bonds is 5. The van der Waals surface area contributed by atoms with Gasteiger partial charge < -0.3 is 20.7 Å². The van der Waals surface area contributed by atoms with Crippen molar-refractivity contribution in [2.45, 2.75) is 44.2 Å². The Kier molecular flexibility index (Phi) is 7.41. The molecule has 1 atom stereocenters. The van der Waals surface area contributed by atoms with Crippen LogP contribution in [0.5, 0.6) is 0 Å². The van der Waals surface area contributed by atoms with Crippen LogP contribution in [-0.2, 0) is 20.7 Å². The van der Waals surface area contributed by atoms with Gasteiger partial charge in [-0.05, 0) is 37.3 Å². The van der Waals surface area contributed by atoms with E-state index in [0.29, 0.717) is 39.0 Å². The van der Waals surface area contributed by atoms with Crippen LogP contribution in [0.25, 0.3) is 0 Å². The largest absolute Gasteiger partial charge is 0.381 e. The minimum absolute atomic E-state index is 0. The van der Waals surface area contributed by atoms with E-state index >= 15 is 0 Å². The second-order valence-electron chi connectivity index (χ2n) is 6.98. The zero-order chi connectivity index (χ0) is 18.6. The van der Waals surface area contributed by atoms with Crippen molar-refractivity contribution in [1.29, 1.82) is 0 Å². The van der Waals surface area contributed by atoms with Gasteiger partial charge in [-0.25, -0.2) is 0 Å². The molecule has 1 unspecified atom stereocenters. The Morgan fingerprint density at radius 2 is 2.04 bits per heavy atom. The number of ether oxygens (including phenoxy) is 1. The van der Waals surface area contributed by atoms with Gasteiger partial charge in [0.15, 0.2) is 0 Å². The van der Waals surface area contributed by atoms with Gasteiger partial charge in [0.1, 0.15) is 0 Å². The summed E-state index contributed by atoms with van der Waals surface area (Å²) in [6.45, 7) is 3.67. The van der Waals surface area contributed by atoms with E-state index in [9.17, 15) is 9.59 Å². The minimum atomic E-state index is -0.878. The van der Waals surface area contributed by atoms with Gasteiger partial charge in [0.2, 0.25) is 5.91 Å². The number of anilines is 1. The zero-order valence-corrected chi connectivity index (χ0v) is 16.5. The summed E-state index contributed by atoms with van der Waals surface area (Å²) in [6.07, 6.45) is 5.93. The maximum Gasteiger partial charge on any atom is 0.250 e. The lowest BCUT2D eigenvalue weighted by molar-refractivity contribution is -0.130. The van der Waals surface area contributed by atoms with Crippen LogP contribution < -0.4 is 16.0 Å². The molecule has 2 amide bonds. The minimum Gasteiger partial charge on any atom is -0.381 e. The highest BCUT2D eigenvalue weighted by atomic mass is 35.5. The van der Waals surface area contributed by atoms with E-state index < -0.39 is 5.54 Å². The molecule has 2 aliphatic heterocycles. The molecule has 7 heteroatoms. The standard InChI is InChI=1S/C20H27N3O3.ClH/c1-2-16(22-19(25)20(21)10-13-26-14-11-20)7-8-18(24)23-12-9-15-5-3-4-6-17(15)23;/h3-8,16H,2,9-14,21H2,1H3,(H,22,25);1H. The molecule has 3 N–H and O–H groups in total. The number of hydrogen-bond donors (Lipinski definition) is 2. The van der Waals surface area contributed by atoms with Crippen LogP contribution in [0.3, 0.4) is 0 Å². The number of carbonyl (C=O) groups excluding carboxylic acids is 2. The quantitative estimate of drug-likeness (QED) is 0.749. The first-order valence-corrected chi connectivity index (χ1v) is 9.29. The second kappa shape index (κ2) is 9.35. The SMILES string of the molecule is CCC(C=CC(=O)N1CCc2ccccc21)NC(=O)C1(N)CCOCC1.Cl. The van der Waals surface area contributed by atoms with Crippen LogP contribution in [0.2, 0.25) is 0 Å². The molecule has 1 aromatic rings. The van der Waals surface area contributed by atoms with Gasteiger partial charge in [-0.15, -0.1) is 12.4 Å². The molecule has 0 spiro atoms. The fourth-order valence-electron chi connectivity index (χ4n) is 3.42. The number of fused-ring (bicyclic) bond motifs is 1. The van der Waals surface area contributed by atoms with Gasteiger partial charge in [0.05, 0.1) is 5.54 Å². The number of carbonyl (C=O) groups is 2. The molecule has 148 valence electrons. The molecule has 0 radical (unpaired) electrons. The summed E-state index contributed by atoms with van der Waals surface area (Å²) in [5, 5.41) is 2.96. The predicted molar refractivity (Wildman–Crippen MR) is 108 cm³/mol. The molecule has 0 bridgehead atoms. The lowest BCUT2D eigenvalue weighted by Gasteiger charge is -2.33. The van der Waals surface area contributed by atoms with E-state index in [4.69, 9.17) is 10.5 Å². The van der Waals surface area contributed by atoms with Crippen molar-refractivity contribution < 1.29 is 14.3 Å². The summed E-state index contributed by atoms with van der Waals surface area (Å²) < 4.78 is 5.29. The lowest BCUT2D eigenvalue weighted by Crippen LogP contribution is -2.58. The van der Waals surface area contributed by atoms with E-state index in [2.05, 4.69) is 11.4 Å². The zero-order valence-electron chi connectivity index (χ0n) is 15.6. The predicted octanol–water partition coefficient (Wildman–Crippen LogP) is 1.96. The number of nitrogens with zero attached hydrogens (tertiary/aromatic N) is 1. The third kappa shape index (κ3) is 4.89. The molecule has 1 fully saturated rings. The Bertz CT molecular complexity index is 701. The van der Waals surface area contributed by atoms with E-state index in [-0.39, 0.29) is 30.3 Å². The average Bonchev–Trinajstić information content (AvgIpc) is 3.09. The highest BCUT2D eigenvalue weighted by molar-refractivity contribution is 6.03. The van der Waals surface area contributed by atoms with Crippen molar-refractivity contribution in [3.63, 3.8) is 0 Å². The van der Waals surface area contributed by atoms with Crippen LogP contribution in [0.4, 0.5) is 5.69 Å². The molecular weight excluding hydrogens is 366 g/mol. The third-order valence-corrected chi connectivity index (χ3v) is 5.22. The number of para-hydroxylation sites is 1. The molecule has 2 heterocycles. The summed E-state index contributed by atoms with van der Waals surface area (Å²) in [5.74, 6) is -0.229. The van der Waals surface area contributed by atoms with Gasteiger partial charge in [0.25, 0.3) is 5.91 Å². The molecule has 1 saturated heterocycles. The van der Waals surface area contributed by atoms with Gasteiger partial charge in [-0.2, -0.15) is 0 Å². The first-order chi connectivity index (χ1) is 12.5. The van der Waals surface area contributed by atoms with E-state index in [1.165, 1.54) is 5.56 Å². The molecule has 6 nitrogen and oxygen atoms in total. The topological polar surface area (TPSA) is 84.7 Å². The van der Waals surface area contributed by atoms with Crippen molar-refractivity contribution >= 4 is 29.9 Å². The van der Waals surface area contributed by atoms with Crippen molar-refractivity contribution in [2.24, 2.45) is 5.73 Å². The Hall–Kier alpha value is -1.89. The molecule has 0 saturated carbocycles. The fourth-order valence-corrected chi connectivity index (χ4v) is 3.42. The molecule has 27 heavy (non-hydrogen) atoms. The summed E-state index contributed by atoms with van der Waals surface area (Å²) in [6, 6.07) is 7.74. The number of amides is 2. The van der Waals surface area contributed by atoms with Crippen molar-refractivity contribution in [3.8, 4) is 0 Å². The van der Waals surface area contributed by atoms with Crippen LogP contribution in [-0.4, -0.2) is 43.2 Å². The van der Waals surface area contributed by atoms with E-state index in [1.54, 1.807) is 17.1 Å². The molecule has 1 aromatic carbocycles. The second-order valence-corrected chi connectivity index (χ2v) is 6.98. The van der Waals surface area contributed by atoms with E-state index in [1.807, 2.05) is 25.1 Å². The lowest BCUT2D eigenvalue weighted by atomic mass is 9.90. The van der Waals surface area contributed by atoms with Crippen molar-refractivity contribution in [2.75, 3.05) is 24.7 Å². The smallest absolute Gasteiger partial charge is 0.250 e. The van der Waals surface area contributed by atoms with Gasteiger partial charge in [-0.3, -0.25) is 9.59 Å². The number of nitrogens with two attached hydrogens (primary N) is 1. The van der Waals surface area contributed by atoms with Gasteiger partial charge >= 0.3 is 0 Å². The molecule has 3 rings (SSSR count). The molecule has 0 aliphatic carbocycles. The van der Waals surface area contributed by atoms with Gasteiger partial charge in [0, 0.05) is 37.6 Å². The first kappa shape index (κ1) is 21.4. The van der Waals surface area contributed by atoms with Crippen molar-refractivity contribution in [1.82, 2.24) is 5.32 Å². The first-order valence-electron chi connectivity index (χ1n) is 9.29. The van der Waals surface area contributed by atoms with Crippen LogP contribution >= 0.6 is 12.4 Å². The molecule has 0 aromatic heterocycles.